The highest BCUT2D eigenvalue weighted by Crippen LogP contribution is 2.45. The van der Waals surface area contributed by atoms with Crippen LogP contribution >= 0.6 is 0 Å². The van der Waals surface area contributed by atoms with Crippen LogP contribution in [0.1, 0.15) is 91.1 Å². The first-order valence-corrected chi connectivity index (χ1v) is 15.2. The number of carbonyl (C=O) groups excluding carboxylic acids is 3. The van der Waals surface area contributed by atoms with Crippen molar-refractivity contribution < 1.29 is 38.1 Å². The molecule has 3 atom stereocenters. The SMILES string of the molecule is CNC(=O)c1cc(C(=O)NCCC[C@]2(F)CCCN(C(=O)OC(C)(C)C)C2)cc2c1O[C@H](C)[C@H]2c1cccc(OCCO)c1. The van der Waals surface area contributed by atoms with Gasteiger partial charge in [0.25, 0.3) is 11.8 Å². The summed E-state index contributed by atoms with van der Waals surface area (Å²) in [6.45, 7) is 7.92. The molecule has 11 heteroatoms. The molecule has 2 aromatic rings. The maximum atomic E-state index is 15.7. The van der Waals surface area contributed by atoms with Crippen LogP contribution in [0.2, 0.25) is 0 Å². The Kier molecular flexibility index (Phi) is 10.4. The van der Waals surface area contributed by atoms with Crippen molar-refractivity contribution in [1.82, 2.24) is 15.5 Å². The van der Waals surface area contributed by atoms with Gasteiger partial charge in [-0.1, -0.05) is 12.1 Å². The van der Waals surface area contributed by atoms with Crippen LogP contribution in [0, 0.1) is 0 Å². The fraction of sp³-hybridized carbons (Fsp3) is 0.545. The van der Waals surface area contributed by atoms with Crippen LogP contribution in [0.5, 0.6) is 11.5 Å². The monoisotopic (exact) mass is 613 g/mol. The topological polar surface area (TPSA) is 126 Å². The zero-order chi connectivity index (χ0) is 32.1. The van der Waals surface area contributed by atoms with Crippen molar-refractivity contribution in [2.45, 2.75) is 76.7 Å². The number of nitrogens with zero attached hydrogens (tertiary/aromatic N) is 1. The maximum absolute atomic E-state index is 15.7. The predicted octanol–water partition coefficient (Wildman–Crippen LogP) is 4.58. The van der Waals surface area contributed by atoms with Gasteiger partial charge in [-0.15, -0.1) is 0 Å². The molecule has 0 bridgehead atoms. The second-order valence-electron chi connectivity index (χ2n) is 12.5. The standard InChI is InChI=1S/C33H44FN3O7/c1-21-27(22-9-6-10-24(17-22)42-16-15-38)25-18-23(19-26(28(25)43-21)30(40)35-5)29(39)36-13-7-11-33(34)12-8-14-37(20-33)31(41)44-32(2,3)4/h6,9-10,17-19,21,27,38H,7-8,11-16,20H2,1-5H3,(H,35,40)(H,36,39)/t21-,27+,33+/m1/s1. The number of fused-ring (bicyclic) bond motifs is 1. The molecule has 2 aromatic carbocycles. The molecule has 0 saturated carbocycles. The lowest BCUT2D eigenvalue weighted by molar-refractivity contribution is -0.00798. The van der Waals surface area contributed by atoms with E-state index < -0.39 is 17.4 Å². The number of halogens is 1. The average Bonchev–Trinajstić information content (AvgIpc) is 3.32. The first-order chi connectivity index (χ1) is 20.8. The summed E-state index contributed by atoms with van der Waals surface area (Å²) in [6, 6.07) is 10.7. The van der Waals surface area contributed by atoms with Crippen molar-refractivity contribution >= 4 is 17.9 Å². The second kappa shape index (κ2) is 13.8. The van der Waals surface area contributed by atoms with Crippen molar-refractivity contribution in [2.75, 3.05) is 39.9 Å². The Balaban J connectivity index is 1.46. The van der Waals surface area contributed by atoms with Crippen LogP contribution < -0.4 is 20.1 Å². The van der Waals surface area contributed by atoms with Gasteiger partial charge in [0.1, 0.15) is 35.5 Å². The van der Waals surface area contributed by atoms with E-state index in [4.69, 9.17) is 19.3 Å². The van der Waals surface area contributed by atoms with Gasteiger partial charge in [-0.05, 0) is 83.2 Å². The fourth-order valence-corrected chi connectivity index (χ4v) is 5.85. The molecule has 3 amide bonds. The van der Waals surface area contributed by atoms with E-state index in [-0.39, 0.29) is 62.1 Å². The number of rotatable bonds is 10. The van der Waals surface area contributed by atoms with Crippen LogP contribution in [0.25, 0.3) is 0 Å². The molecule has 240 valence electrons. The highest BCUT2D eigenvalue weighted by Gasteiger charge is 2.39. The van der Waals surface area contributed by atoms with Crippen molar-refractivity contribution in [1.29, 1.82) is 0 Å². The minimum absolute atomic E-state index is 0.0397. The molecular formula is C33H44FN3O7. The molecule has 10 nitrogen and oxygen atoms in total. The molecule has 44 heavy (non-hydrogen) atoms. The van der Waals surface area contributed by atoms with Crippen molar-refractivity contribution in [3.8, 4) is 11.5 Å². The lowest BCUT2D eigenvalue weighted by Crippen LogP contribution is -2.49. The van der Waals surface area contributed by atoms with Gasteiger partial charge in [-0.3, -0.25) is 9.59 Å². The number of benzene rings is 2. The van der Waals surface area contributed by atoms with Crippen molar-refractivity contribution in [2.24, 2.45) is 0 Å². The number of likely N-dealkylation sites (tertiary alicyclic amines) is 1. The molecule has 0 unspecified atom stereocenters. The average molecular weight is 614 g/mol. The number of hydrogen-bond acceptors (Lipinski definition) is 7. The molecule has 3 N–H and O–H groups in total. The van der Waals surface area contributed by atoms with Crippen LogP contribution in [0.3, 0.4) is 0 Å². The summed E-state index contributed by atoms with van der Waals surface area (Å²) in [4.78, 5) is 40.1. The molecule has 0 aromatic heterocycles. The predicted molar refractivity (Wildman–Crippen MR) is 163 cm³/mol. The Labute approximate surface area is 258 Å². The van der Waals surface area contributed by atoms with Crippen LogP contribution in [0.4, 0.5) is 9.18 Å². The fourth-order valence-electron chi connectivity index (χ4n) is 5.85. The van der Waals surface area contributed by atoms with E-state index in [9.17, 15) is 14.4 Å². The molecule has 4 rings (SSSR count). The van der Waals surface area contributed by atoms with E-state index in [0.29, 0.717) is 48.4 Å². The van der Waals surface area contributed by atoms with Crippen LogP contribution in [-0.4, -0.2) is 85.2 Å². The summed E-state index contributed by atoms with van der Waals surface area (Å²) < 4.78 is 32.9. The van der Waals surface area contributed by atoms with Gasteiger partial charge in [-0.25, -0.2) is 9.18 Å². The van der Waals surface area contributed by atoms with E-state index in [2.05, 4.69) is 10.6 Å². The molecule has 0 aliphatic carbocycles. The smallest absolute Gasteiger partial charge is 0.410 e. The van der Waals surface area contributed by atoms with Gasteiger partial charge in [0.05, 0.1) is 18.7 Å². The summed E-state index contributed by atoms with van der Waals surface area (Å²) in [7, 11) is 1.52. The molecule has 0 radical (unpaired) electrons. The largest absolute Gasteiger partial charge is 0.491 e. The zero-order valence-electron chi connectivity index (χ0n) is 26.2. The Morgan fingerprint density at radius 3 is 2.66 bits per heavy atom. The molecular weight excluding hydrogens is 569 g/mol. The number of nitrogens with one attached hydrogen (secondary N) is 2. The van der Waals surface area contributed by atoms with Gasteiger partial charge in [0.2, 0.25) is 0 Å². The third-order valence-electron chi connectivity index (χ3n) is 7.80. The molecule has 2 aliphatic heterocycles. The number of aliphatic hydroxyl groups is 1. The van der Waals surface area contributed by atoms with Gasteiger partial charge < -0.3 is 34.9 Å². The van der Waals surface area contributed by atoms with E-state index in [1.54, 1.807) is 32.9 Å². The number of piperidine rings is 1. The minimum atomic E-state index is -1.56. The van der Waals surface area contributed by atoms with Crippen molar-refractivity contribution in [3.63, 3.8) is 0 Å². The summed E-state index contributed by atoms with van der Waals surface area (Å²) in [5.41, 5.74) is -0.0828. The zero-order valence-corrected chi connectivity index (χ0v) is 26.2. The Morgan fingerprint density at radius 2 is 1.95 bits per heavy atom. The molecule has 2 heterocycles. The number of carbonyl (C=O) groups is 3. The first kappa shape index (κ1) is 33.0. The lowest BCUT2D eigenvalue weighted by Gasteiger charge is -2.38. The molecule has 0 spiro atoms. The molecule has 1 saturated heterocycles. The number of amides is 3. The van der Waals surface area contributed by atoms with E-state index in [1.165, 1.54) is 18.0 Å². The quantitative estimate of drug-likeness (QED) is 0.335. The summed E-state index contributed by atoms with van der Waals surface area (Å²) in [5, 5.41) is 14.6. The number of alkyl halides is 1. The third-order valence-corrected chi connectivity index (χ3v) is 7.80. The van der Waals surface area contributed by atoms with Crippen LogP contribution in [0.15, 0.2) is 36.4 Å². The summed E-state index contributed by atoms with van der Waals surface area (Å²) in [5.74, 6) is -0.0237. The van der Waals surface area contributed by atoms with Crippen molar-refractivity contribution in [3.05, 3.63) is 58.7 Å². The van der Waals surface area contributed by atoms with Gasteiger partial charge in [-0.2, -0.15) is 0 Å². The Hall–Kier alpha value is -3.86. The third kappa shape index (κ3) is 7.99. The number of ether oxygens (including phenoxy) is 3. The second-order valence-corrected chi connectivity index (χ2v) is 12.5. The first-order valence-electron chi connectivity index (χ1n) is 15.2. The minimum Gasteiger partial charge on any atom is -0.491 e. The number of aliphatic hydroxyl groups excluding tert-OH is 1. The Bertz CT molecular complexity index is 1360. The normalized spacial score (nSPS) is 21.2. The molecule has 1 fully saturated rings. The number of hydrogen-bond donors (Lipinski definition) is 3. The highest BCUT2D eigenvalue weighted by molar-refractivity contribution is 6.02. The maximum Gasteiger partial charge on any atom is 0.410 e. The van der Waals surface area contributed by atoms with Gasteiger partial charge >= 0.3 is 6.09 Å². The van der Waals surface area contributed by atoms with E-state index >= 15 is 4.39 Å². The van der Waals surface area contributed by atoms with Gasteiger partial charge in [0.15, 0.2) is 0 Å². The Morgan fingerprint density at radius 1 is 1.18 bits per heavy atom. The van der Waals surface area contributed by atoms with Crippen LogP contribution in [-0.2, 0) is 4.74 Å². The summed E-state index contributed by atoms with van der Waals surface area (Å²) in [6.07, 6.45) is 0.598. The van der Waals surface area contributed by atoms with E-state index in [0.717, 1.165) is 5.56 Å². The van der Waals surface area contributed by atoms with Gasteiger partial charge in [0, 0.05) is 37.2 Å². The van der Waals surface area contributed by atoms with E-state index in [1.807, 2.05) is 25.1 Å². The lowest BCUT2D eigenvalue weighted by atomic mass is 9.86. The highest BCUT2D eigenvalue weighted by atomic mass is 19.1. The molecule has 2 aliphatic rings. The summed E-state index contributed by atoms with van der Waals surface area (Å²) >= 11 is 0.